The Morgan fingerprint density at radius 1 is 0.842 bits per heavy atom. The molecule has 3 atom stereocenters. The fourth-order valence-electron chi connectivity index (χ4n) is 7.69. The maximum absolute atomic E-state index is 13.5. The van der Waals surface area contributed by atoms with Gasteiger partial charge in [0, 0.05) is 40.9 Å². The van der Waals surface area contributed by atoms with E-state index >= 15 is 0 Å². The summed E-state index contributed by atoms with van der Waals surface area (Å²) in [5.74, 6) is 2.09. The van der Waals surface area contributed by atoms with Crippen LogP contribution >= 0.6 is 21.2 Å². The molecule has 4 aromatic carbocycles. The van der Waals surface area contributed by atoms with E-state index in [1.807, 2.05) is 54.6 Å². The molecular formula is C45H46FN6O3PS. The van der Waals surface area contributed by atoms with Crippen molar-refractivity contribution in [2.45, 2.75) is 63.9 Å². The normalized spacial score (nSPS) is 15.1. The van der Waals surface area contributed by atoms with E-state index in [1.54, 1.807) is 11.9 Å². The fraction of sp³-hybridized carbons (Fsp3) is 0.333. The van der Waals surface area contributed by atoms with Crippen LogP contribution in [0.5, 0.6) is 11.5 Å². The minimum Gasteiger partial charge on any atom is -0.494 e. The first-order valence-corrected chi connectivity index (χ1v) is 21.3. The highest BCUT2D eigenvalue weighted by atomic mass is 32.2. The largest absolute Gasteiger partial charge is 0.494 e. The quantitative estimate of drug-likeness (QED) is 0.0474. The molecule has 0 aliphatic heterocycles. The Hall–Kier alpha value is -5.19. The highest BCUT2D eigenvalue weighted by molar-refractivity contribution is 8.00. The number of nitrogens with one attached hydrogen (secondary N) is 2. The van der Waals surface area contributed by atoms with Crippen LogP contribution in [0.15, 0.2) is 84.9 Å². The summed E-state index contributed by atoms with van der Waals surface area (Å²) in [6.45, 7) is 3.60. The molecule has 2 aliphatic carbocycles. The van der Waals surface area contributed by atoms with E-state index in [2.05, 4.69) is 78.0 Å². The molecule has 12 heteroatoms. The van der Waals surface area contributed by atoms with Crippen LogP contribution in [0.25, 0.3) is 44.3 Å². The smallest absolute Gasteiger partial charge is 0.147 e. The van der Waals surface area contributed by atoms with E-state index in [0.717, 1.165) is 87.3 Å². The lowest BCUT2D eigenvalue weighted by Crippen LogP contribution is -2.17. The Labute approximate surface area is 339 Å². The molecule has 2 fully saturated rings. The molecule has 0 amide bonds. The number of aromatic nitrogens is 2. The van der Waals surface area contributed by atoms with Crippen LogP contribution in [0.1, 0.15) is 62.6 Å². The van der Waals surface area contributed by atoms with Crippen molar-refractivity contribution in [1.82, 2.24) is 9.13 Å². The molecule has 9 nitrogen and oxygen atoms in total. The predicted molar refractivity (Wildman–Crippen MR) is 231 cm³/mol. The summed E-state index contributed by atoms with van der Waals surface area (Å²) >= 11 is 1.67. The van der Waals surface area contributed by atoms with Gasteiger partial charge in [-0.25, -0.2) is 4.39 Å². The van der Waals surface area contributed by atoms with E-state index in [4.69, 9.17) is 9.47 Å². The number of rotatable bonds is 17. The van der Waals surface area contributed by atoms with Gasteiger partial charge in [-0.15, -0.1) is 0 Å². The number of anilines is 2. The number of fused-ring (bicyclic) bond motifs is 2. The number of nitrogens with zero attached hydrogens (tertiary/aromatic N) is 4. The number of nitriles is 2. The van der Waals surface area contributed by atoms with Crippen LogP contribution < -0.4 is 19.7 Å². The molecular weight excluding hydrogens is 755 g/mol. The lowest BCUT2D eigenvalue weighted by Gasteiger charge is -2.30. The molecule has 8 rings (SSSR count). The van der Waals surface area contributed by atoms with Gasteiger partial charge in [0.15, 0.2) is 0 Å². The van der Waals surface area contributed by atoms with Gasteiger partial charge in [0.25, 0.3) is 0 Å². The first-order valence-electron chi connectivity index (χ1n) is 19.6. The minimum absolute atomic E-state index is 0.0598. The number of benzene rings is 4. The molecule has 0 saturated heterocycles. The molecule has 0 spiro atoms. The fourth-order valence-corrected chi connectivity index (χ4v) is 8.62. The summed E-state index contributed by atoms with van der Waals surface area (Å²) < 4.78 is 33.5. The zero-order valence-electron chi connectivity index (χ0n) is 31.9. The molecule has 3 unspecified atom stereocenters. The van der Waals surface area contributed by atoms with E-state index in [1.165, 1.54) is 19.3 Å². The summed E-state index contributed by atoms with van der Waals surface area (Å²) in [5.41, 5.74) is 10.8. The van der Waals surface area contributed by atoms with Gasteiger partial charge in [0.05, 0.1) is 45.8 Å². The maximum Gasteiger partial charge on any atom is 0.147 e. The van der Waals surface area contributed by atoms with E-state index in [9.17, 15) is 20.1 Å². The zero-order valence-corrected chi connectivity index (χ0v) is 33.9. The third-order valence-corrected chi connectivity index (χ3v) is 12.4. The van der Waals surface area contributed by atoms with E-state index in [0.29, 0.717) is 47.0 Å². The third-order valence-electron chi connectivity index (χ3n) is 11.1. The average molecular weight is 801 g/mol. The Morgan fingerprint density at radius 2 is 1.51 bits per heavy atom. The van der Waals surface area contributed by atoms with Crippen molar-refractivity contribution in [2.24, 2.45) is 11.8 Å². The minimum atomic E-state index is -1.16. The third kappa shape index (κ3) is 8.29. The van der Waals surface area contributed by atoms with Crippen molar-refractivity contribution in [2.75, 3.05) is 29.2 Å². The second-order valence-electron chi connectivity index (χ2n) is 15.3. The molecule has 2 heterocycles. The topological polar surface area (TPSA) is 120 Å². The first-order chi connectivity index (χ1) is 27.8. The predicted octanol–water partition coefficient (Wildman–Crippen LogP) is 11.3. The molecule has 3 N–H and O–H groups in total. The van der Waals surface area contributed by atoms with Crippen LogP contribution in [-0.4, -0.2) is 39.2 Å². The summed E-state index contributed by atoms with van der Waals surface area (Å²) in [4.78, 5) is 0. The molecule has 2 aliphatic rings. The van der Waals surface area contributed by atoms with Gasteiger partial charge < -0.3 is 23.3 Å². The summed E-state index contributed by atoms with van der Waals surface area (Å²) in [5, 5.41) is 31.7. The van der Waals surface area contributed by atoms with Gasteiger partial charge in [-0.2, -0.15) is 10.5 Å². The molecule has 0 radical (unpaired) electrons. The SMILES string of the molecule is CC(CCOc1ccc2c(C#N)c(-c3ccc(NO)cc3)n(CC3CC3)c2c1)CSNc1ccc(-c2c(C#N)c3cc(OCC(F)P)ccc3n2C2CCC2)cc1. The number of alkyl halides is 1. The van der Waals surface area contributed by atoms with Gasteiger partial charge in [0.1, 0.15) is 36.2 Å². The Balaban J connectivity index is 0.896. The zero-order chi connectivity index (χ0) is 39.5. The standard InChI is InChI=1S/C45H46FN6O3PS/c1-28(19-20-54-36-15-17-37-39(23-47)44(30-7-11-32(49-53)12-8-30)51(42(37)22-36)25-29-5-6-29)27-57-50-33-13-9-31(10-14-33)45-40(24-48)38-21-35(55-26-43(46)56)16-18-41(38)52(45)34-3-2-4-34/h7-18,21-22,28-29,34,43,49-50,53H,2-6,19-20,25-27,56H2,1H3. The molecule has 0 bridgehead atoms. The number of hydrogen-bond donors (Lipinski definition) is 3. The summed E-state index contributed by atoms with van der Waals surface area (Å²) in [6.07, 6.45) is 6.59. The van der Waals surface area contributed by atoms with Crippen LogP contribution in [-0.2, 0) is 6.54 Å². The molecule has 57 heavy (non-hydrogen) atoms. The molecule has 292 valence electrons. The van der Waals surface area contributed by atoms with Crippen molar-refractivity contribution in [3.63, 3.8) is 0 Å². The van der Waals surface area contributed by atoms with Crippen LogP contribution in [0, 0.1) is 34.5 Å². The van der Waals surface area contributed by atoms with E-state index < -0.39 is 5.91 Å². The van der Waals surface area contributed by atoms with Crippen LogP contribution in [0.2, 0.25) is 0 Å². The summed E-state index contributed by atoms with van der Waals surface area (Å²) in [6, 6.07) is 32.8. The molecule has 2 aromatic heterocycles. The van der Waals surface area contributed by atoms with Crippen LogP contribution in [0.4, 0.5) is 15.8 Å². The number of halogens is 1. The Kier molecular flexibility index (Phi) is 11.6. The number of ether oxygens (including phenoxy) is 2. The highest BCUT2D eigenvalue weighted by Crippen LogP contribution is 2.44. The molecule has 2 saturated carbocycles. The van der Waals surface area contributed by atoms with Crippen molar-refractivity contribution in [3.8, 4) is 46.2 Å². The monoisotopic (exact) mass is 800 g/mol. The van der Waals surface area contributed by atoms with Crippen LogP contribution in [0.3, 0.4) is 0 Å². The van der Waals surface area contributed by atoms with Gasteiger partial charge >= 0.3 is 0 Å². The van der Waals surface area contributed by atoms with E-state index in [-0.39, 0.29) is 6.61 Å². The van der Waals surface area contributed by atoms with Gasteiger partial charge in [-0.1, -0.05) is 52.4 Å². The lowest BCUT2D eigenvalue weighted by atomic mass is 9.92. The second kappa shape index (κ2) is 17.1. The molecule has 6 aromatic rings. The van der Waals surface area contributed by atoms with Gasteiger partial charge in [0.2, 0.25) is 0 Å². The number of hydrogen-bond acceptors (Lipinski definition) is 8. The average Bonchev–Trinajstić information content (AvgIpc) is 3.91. The van der Waals surface area contributed by atoms with Crippen molar-refractivity contribution in [1.29, 1.82) is 10.5 Å². The maximum atomic E-state index is 13.5. The Bertz CT molecular complexity index is 2460. The first kappa shape index (κ1) is 38.7. The Morgan fingerprint density at radius 3 is 2.16 bits per heavy atom. The highest BCUT2D eigenvalue weighted by Gasteiger charge is 2.29. The van der Waals surface area contributed by atoms with Crippen molar-refractivity contribution in [3.05, 3.63) is 96.1 Å². The summed E-state index contributed by atoms with van der Waals surface area (Å²) in [7, 11) is 2.10. The lowest BCUT2D eigenvalue weighted by molar-refractivity contribution is 0.253. The van der Waals surface area contributed by atoms with Gasteiger partial charge in [-0.3, -0.25) is 10.7 Å². The van der Waals surface area contributed by atoms with Crippen molar-refractivity contribution >= 4 is 54.4 Å². The van der Waals surface area contributed by atoms with Gasteiger partial charge in [-0.05, 0) is 116 Å². The van der Waals surface area contributed by atoms with Crippen molar-refractivity contribution < 1.29 is 19.1 Å². The second-order valence-corrected chi connectivity index (χ2v) is 16.8.